The van der Waals surface area contributed by atoms with E-state index < -0.39 is 12.8 Å². The number of ether oxygens (including phenoxy) is 1. The van der Waals surface area contributed by atoms with Gasteiger partial charge in [-0.15, -0.1) is 0 Å². The Bertz CT molecular complexity index is 1310. The Hall–Kier alpha value is -4.48. The van der Waals surface area contributed by atoms with Crippen molar-refractivity contribution < 1.29 is 22.7 Å². The molecule has 3 aromatic rings. The number of likely N-dealkylation sites (tertiary alicyclic amines) is 1. The third-order valence-corrected chi connectivity index (χ3v) is 5.87. The van der Waals surface area contributed by atoms with E-state index in [4.69, 9.17) is 15.3 Å². The molecular formula is C26H21F3N6O2. The summed E-state index contributed by atoms with van der Waals surface area (Å²) in [5, 5.41) is 21.0. The number of carbonyl (C=O) groups excluding carboxylic acids is 1. The standard InChI is InChI=1S/C26H21F3N6O2/c27-26(28,29)16-37-23-8-6-19(13-33-23)24(18-3-1-17(11-30)2-4-18)35-10-9-22(15-35)34-25(36)20-5-7-21(12-31)32-14-20/h1-8,13-14,22,24H,9-10,15-16H2,(H,34,36)/t22-,24?/m1/s1. The van der Waals surface area contributed by atoms with Crippen molar-refractivity contribution in [2.24, 2.45) is 0 Å². The smallest absolute Gasteiger partial charge is 0.422 e. The molecule has 1 fully saturated rings. The molecule has 1 unspecified atom stereocenters. The monoisotopic (exact) mass is 506 g/mol. The average Bonchev–Trinajstić information content (AvgIpc) is 3.36. The fourth-order valence-electron chi connectivity index (χ4n) is 4.15. The number of benzene rings is 1. The first-order valence-electron chi connectivity index (χ1n) is 11.3. The number of aromatic nitrogens is 2. The van der Waals surface area contributed by atoms with Crippen molar-refractivity contribution in [1.82, 2.24) is 20.2 Å². The molecule has 0 radical (unpaired) electrons. The molecule has 1 aliphatic heterocycles. The SMILES string of the molecule is N#Cc1ccc(C(c2ccc(OCC(F)(F)F)nc2)N2CC[C@@H](NC(=O)c3ccc(C#N)nc3)C2)cc1. The minimum atomic E-state index is -4.46. The first kappa shape index (κ1) is 25.6. The van der Waals surface area contributed by atoms with Crippen molar-refractivity contribution in [2.45, 2.75) is 24.7 Å². The van der Waals surface area contributed by atoms with Crippen LogP contribution in [-0.2, 0) is 0 Å². The molecule has 1 aliphatic rings. The molecule has 0 bridgehead atoms. The number of nitrogens with zero attached hydrogens (tertiary/aromatic N) is 5. The van der Waals surface area contributed by atoms with E-state index in [9.17, 15) is 18.0 Å². The minimum absolute atomic E-state index is 0.137. The van der Waals surface area contributed by atoms with Crippen LogP contribution >= 0.6 is 0 Å². The van der Waals surface area contributed by atoms with E-state index in [1.807, 2.05) is 18.2 Å². The van der Waals surface area contributed by atoms with Crippen LogP contribution in [0.2, 0.25) is 0 Å². The lowest BCUT2D eigenvalue weighted by atomic mass is 9.97. The van der Waals surface area contributed by atoms with Gasteiger partial charge in [-0.2, -0.15) is 23.7 Å². The second-order valence-corrected chi connectivity index (χ2v) is 8.47. The Morgan fingerprint density at radius 2 is 1.81 bits per heavy atom. The zero-order valence-electron chi connectivity index (χ0n) is 19.4. The first-order chi connectivity index (χ1) is 17.8. The second-order valence-electron chi connectivity index (χ2n) is 8.47. The van der Waals surface area contributed by atoms with Crippen molar-refractivity contribution in [1.29, 1.82) is 10.5 Å². The molecule has 1 aromatic carbocycles. The summed E-state index contributed by atoms with van der Waals surface area (Å²) < 4.78 is 42.2. The highest BCUT2D eigenvalue weighted by molar-refractivity contribution is 5.94. The molecule has 2 atom stereocenters. The van der Waals surface area contributed by atoms with Crippen molar-refractivity contribution in [2.75, 3.05) is 19.7 Å². The van der Waals surface area contributed by atoms with Crippen LogP contribution in [0.25, 0.3) is 0 Å². The van der Waals surface area contributed by atoms with E-state index >= 15 is 0 Å². The predicted molar refractivity (Wildman–Crippen MR) is 125 cm³/mol. The maximum Gasteiger partial charge on any atom is 0.422 e. The van der Waals surface area contributed by atoms with Crippen LogP contribution in [0.15, 0.2) is 60.9 Å². The van der Waals surface area contributed by atoms with Crippen LogP contribution in [0.4, 0.5) is 13.2 Å². The first-order valence-corrected chi connectivity index (χ1v) is 11.3. The van der Waals surface area contributed by atoms with Crippen molar-refractivity contribution in [3.63, 3.8) is 0 Å². The molecule has 1 amide bonds. The lowest BCUT2D eigenvalue weighted by molar-refractivity contribution is -0.154. The van der Waals surface area contributed by atoms with Crippen LogP contribution in [0.1, 0.15) is 45.2 Å². The lowest BCUT2D eigenvalue weighted by Gasteiger charge is -2.29. The fourth-order valence-corrected chi connectivity index (χ4v) is 4.15. The summed E-state index contributed by atoms with van der Waals surface area (Å²) >= 11 is 0. The number of nitrogens with one attached hydrogen (secondary N) is 1. The molecule has 188 valence electrons. The Morgan fingerprint density at radius 1 is 1.05 bits per heavy atom. The maximum atomic E-state index is 12.7. The van der Waals surface area contributed by atoms with E-state index in [0.717, 1.165) is 11.1 Å². The summed E-state index contributed by atoms with van der Waals surface area (Å²) in [6.07, 6.45) is -0.965. The van der Waals surface area contributed by atoms with Gasteiger partial charge in [0.1, 0.15) is 11.8 Å². The fraction of sp³-hybridized carbons (Fsp3) is 0.269. The molecular weight excluding hydrogens is 485 g/mol. The highest BCUT2D eigenvalue weighted by Gasteiger charge is 2.32. The Labute approximate surface area is 210 Å². The van der Waals surface area contributed by atoms with Crippen molar-refractivity contribution in [3.8, 4) is 18.0 Å². The number of amides is 1. The van der Waals surface area contributed by atoms with E-state index in [1.165, 1.54) is 24.5 Å². The number of halogens is 3. The highest BCUT2D eigenvalue weighted by atomic mass is 19.4. The van der Waals surface area contributed by atoms with E-state index in [0.29, 0.717) is 30.6 Å². The molecule has 0 spiro atoms. The summed E-state index contributed by atoms with van der Waals surface area (Å²) in [5.74, 6) is -0.436. The van der Waals surface area contributed by atoms with Crippen molar-refractivity contribution >= 4 is 5.91 Å². The van der Waals surface area contributed by atoms with Crippen LogP contribution in [-0.4, -0.2) is 52.7 Å². The molecule has 1 N–H and O–H groups in total. The third-order valence-electron chi connectivity index (χ3n) is 5.87. The summed E-state index contributed by atoms with van der Waals surface area (Å²) in [6.45, 7) is -0.291. The number of hydrogen-bond donors (Lipinski definition) is 1. The number of alkyl halides is 3. The number of nitriles is 2. The van der Waals surface area contributed by atoms with Gasteiger partial charge < -0.3 is 10.1 Å². The van der Waals surface area contributed by atoms with E-state index in [-0.39, 0.29) is 29.6 Å². The average molecular weight is 506 g/mol. The molecule has 2 aromatic heterocycles. The van der Waals surface area contributed by atoms with E-state index in [1.54, 1.807) is 24.3 Å². The largest absolute Gasteiger partial charge is 0.468 e. The molecule has 0 aliphatic carbocycles. The Kier molecular flexibility index (Phi) is 7.66. The molecule has 3 heterocycles. The van der Waals surface area contributed by atoms with Gasteiger partial charge >= 0.3 is 6.18 Å². The minimum Gasteiger partial charge on any atom is -0.468 e. The summed E-state index contributed by atoms with van der Waals surface area (Å²) in [7, 11) is 0. The summed E-state index contributed by atoms with van der Waals surface area (Å²) in [5.41, 5.74) is 2.66. The van der Waals surface area contributed by atoms with Crippen LogP contribution in [0.3, 0.4) is 0 Å². The van der Waals surface area contributed by atoms with Gasteiger partial charge in [0.25, 0.3) is 5.91 Å². The predicted octanol–water partition coefficient (Wildman–Crippen LogP) is 3.75. The summed E-state index contributed by atoms with van der Waals surface area (Å²) in [4.78, 5) is 22.8. The van der Waals surface area contributed by atoms with Gasteiger partial charge in [-0.1, -0.05) is 18.2 Å². The van der Waals surface area contributed by atoms with Gasteiger partial charge in [-0.25, -0.2) is 9.97 Å². The number of carbonyl (C=O) groups is 1. The van der Waals surface area contributed by atoms with Gasteiger partial charge in [0, 0.05) is 37.6 Å². The van der Waals surface area contributed by atoms with E-state index in [2.05, 4.69) is 26.3 Å². The van der Waals surface area contributed by atoms with Crippen LogP contribution in [0, 0.1) is 22.7 Å². The molecule has 11 heteroatoms. The second kappa shape index (κ2) is 11.1. The lowest BCUT2D eigenvalue weighted by Crippen LogP contribution is -2.38. The normalized spacial score (nSPS) is 16.4. The quantitative estimate of drug-likeness (QED) is 0.519. The zero-order valence-corrected chi connectivity index (χ0v) is 19.4. The van der Waals surface area contributed by atoms with Crippen LogP contribution in [0.5, 0.6) is 5.88 Å². The van der Waals surface area contributed by atoms with Crippen molar-refractivity contribution in [3.05, 3.63) is 88.9 Å². The molecule has 37 heavy (non-hydrogen) atoms. The highest BCUT2D eigenvalue weighted by Crippen LogP contribution is 2.32. The number of rotatable bonds is 7. The van der Waals surface area contributed by atoms with Crippen LogP contribution < -0.4 is 10.1 Å². The van der Waals surface area contributed by atoms with Gasteiger partial charge in [0.05, 0.1) is 23.2 Å². The Balaban J connectivity index is 1.51. The maximum absolute atomic E-state index is 12.7. The summed E-state index contributed by atoms with van der Waals surface area (Å²) in [6, 6.07) is 16.6. The molecule has 0 saturated carbocycles. The third kappa shape index (κ3) is 6.60. The number of pyridine rings is 2. The zero-order chi connectivity index (χ0) is 26.4. The van der Waals surface area contributed by atoms with Gasteiger partial charge in [0.2, 0.25) is 5.88 Å². The van der Waals surface area contributed by atoms with Gasteiger partial charge in [0.15, 0.2) is 6.61 Å². The molecule has 8 nitrogen and oxygen atoms in total. The number of hydrogen-bond acceptors (Lipinski definition) is 7. The Morgan fingerprint density at radius 3 is 2.41 bits per heavy atom. The van der Waals surface area contributed by atoms with Gasteiger partial charge in [-0.05, 0) is 41.8 Å². The molecule has 1 saturated heterocycles. The topological polar surface area (TPSA) is 115 Å². The molecule has 4 rings (SSSR count). The van der Waals surface area contributed by atoms with Gasteiger partial charge in [-0.3, -0.25) is 9.69 Å².